The lowest BCUT2D eigenvalue weighted by Gasteiger charge is -2.16. The molecule has 18 heavy (non-hydrogen) atoms. The van der Waals surface area contributed by atoms with E-state index in [1.807, 2.05) is 36.4 Å². The molecule has 1 aromatic carbocycles. The van der Waals surface area contributed by atoms with E-state index < -0.39 is 0 Å². The van der Waals surface area contributed by atoms with Gasteiger partial charge < -0.3 is 5.11 Å². The van der Waals surface area contributed by atoms with E-state index in [2.05, 4.69) is 11.8 Å². The predicted molar refractivity (Wildman–Crippen MR) is 75.1 cm³/mol. The molecular formula is C17H20O. The van der Waals surface area contributed by atoms with Crippen LogP contribution < -0.4 is 0 Å². The number of allylic oxidation sites excluding steroid dienone is 1. The second-order valence-corrected chi connectivity index (χ2v) is 4.81. The summed E-state index contributed by atoms with van der Waals surface area (Å²) in [6.07, 6.45) is 8.16. The molecule has 0 radical (unpaired) electrons. The number of aliphatic hydroxyl groups excluding tert-OH is 1. The molecule has 1 aliphatic rings. The van der Waals surface area contributed by atoms with Crippen LogP contribution >= 0.6 is 0 Å². The normalized spacial score (nSPS) is 18.7. The van der Waals surface area contributed by atoms with Crippen molar-refractivity contribution in [2.75, 3.05) is 0 Å². The molecule has 2 rings (SSSR count). The first-order valence-corrected chi connectivity index (χ1v) is 6.76. The van der Waals surface area contributed by atoms with E-state index in [0.29, 0.717) is 0 Å². The number of rotatable bonds is 3. The van der Waals surface area contributed by atoms with E-state index in [0.717, 1.165) is 44.1 Å². The van der Waals surface area contributed by atoms with E-state index >= 15 is 0 Å². The first kappa shape index (κ1) is 12.9. The Morgan fingerprint density at radius 2 is 2.06 bits per heavy atom. The number of hydrogen-bond donors (Lipinski definition) is 1. The summed E-state index contributed by atoms with van der Waals surface area (Å²) in [5, 5.41) is 9.53. The fraction of sp³-hybridized carbons (Fsp3) is 0.412. The van der Waals surface area contributed by atoms with Crippen LogP contribution in [-0.2, 0) is 0 Å². The summed E-state index contributed by atoms with van der Waals surface area (Å²) in [5.41, 5.74) is 2.50. The van der Waals surface area contributed by atoms with Crippen LogP contribution in [0.15, 0.2) is 42.0 Å². The Balaban J connectivity index is 1.72. The van der Waals surface area contributed by atoms with Crippen LogP contribution in [0.2, 0.25) is 0 Å². The zero-order valence-corrected chi connectivity index (χ0v) is 10.7. The number of unbranched alkanes of at least 4 members (excludes halogenated alkanes) is 1. The number of aliphatic hydroxyl groups is 1. The van der Waals surface area contributed by atoms with Gasteiger partial charge in [0.15, 0.2) is 0 Å². The summed E-state index contributed by atoms with van der Waals surface area (Å²) in [6, 6.07) is 10.1. The van der Waals surface area contributed by atoms with Crippen molar-refractivity contribution in [3.63, 3.8) is 0 Å². The molecule has 1 heteroatoms. The highest BCUT2D eigenvalue weighted by Gasteiger charge is 2.09. The monoisotopic (exact) mass is 240 g/mol. The number of benzene rings is 1. The standard InChI is InChI=1S/C17H20O/c18-17-13-7-12-16(14-17)11-6-2-5-10-15-8-3-1-4-9-15/h1,3-4,8-9,14,17-18H,2,6-7,11-13H2. The average Bonchev–Trinajstić information content (AvgIpc) is 2.40. The largest absolute Gasteiger partial charge is 0.389 e. The van der Waals surface area contributed by atoms with Gasteiger partial charge >= 0.3 is 0 Å². The minimum Gasteiger partial charge on any atom is -0.389 e. The smallest absolute Gasteiger partial charge is 0.0723 e. The van der Waals surface area contributed by atoms with E-state index in [4.69, 9.17) is 0 Å². The Kier molecular flexibility index (Phi) is 5.05. The van der Waals surface area contributed by atoms with Gasteiger partial charge in [-0.05, 0) is 44.2 Å². The van der Waals surface area contributed by atoms with Gasteiger partial charge in [0.05, 0.1) is 6.10 Å². The molecule has 0 saturated heterocycles. The SMILES string of the molecule is OC1C=C(CCCC#Cc2ccccc2)CCC1. The Morgan fingerprint density at radius 1 is 1.22 bits per heavy atom. The van der Waals surface area contributed by atoms with Gasteiger partial charge in [0, 0.05) is 12.0 Å². The minimum absolute atomic E-state index is 0.204. The molecule has 94 valence electrons. The van der Waals surface area contributed by atoms with Gasteiger partial charge in [0.1, 0.15) is 0 Å². The summed E-state index contributed by atoms with van der Waals surface area (Å²) in [7, 11) is 0. The first-order valence-electron chi connectivity index (χ1n) is 6.76. The third kappa shape index (κ3) is 4.39. The van der Waals surface area contributed by atoms with Gasteiger partial charge in [-0.25, -0.2) is 0 Å². The van der Waals surface area contributed by atoms with Crippen LogP contribution in [0.5, 0.6) is 0 Å². The van der Waals surface area contributed by atoms with Crippen molar-refractivity contribution in [3.8, 4) is 11.8 Å². The highest BCUT2D eigenvalue weighted by Crippen LogP contribution is 2.22. The average molecular weight is 240 g/mol. The van der Waals surface area contributed by atoms with Crippen LogP contribution in [0.4, 0.5) is 0 Å². The fourth-order valence-corrected chi connectivity index (χ4v) is 2.28. The van der Waals surface area contributed by atoms with E-state index in [-0.39, 0.29) is 6.10 Å². The summed E-state index contributed by atoms with van der Waals surface area (Å²) < 4.78 is 0. The highest BCUT2D eigenvalue weighted by atomic mass is 16.3. The third-order valence-corrected chi connectivity index (χ3v) is 3.23. The molecule has 0 aromatic heterocycles. The molecule has 0 fully saturated rings. The van der Waals surface area contributed by atoms with Crippen molar-refractivity contribution in [1.29, 1.82) is 0 Å². The predicted octanol–water partition coefficient (Wildman–Crippen LogP) is 3.68. The Labute approximate surface area is 110 Å². The molecule has 1 aliphatic carbocycles. The third-order valence-electron chi connectivity index (χ3n) is 3.23. The maximum Gasteiger partial charge on any atom is 0.0723 e. The Bertz CT molecular complexity index is 447. The van der Waals surface area contributed by atoms with Crippen molar-refractivity contribution < 1.29 is 5.11 Å². The van der Waals surface area contributed by atoms with Gasteiger partial charge in [0.2, 0.25) is 0 Å². The molecule has 0 aliphatic heterocycles. The van der Waals surface area contributed by atoms with E-state index in [1.54, 1.807) is 0 Å². The van der Waals surface area contributed by atoms with Crippen molar-refractivity contribution in [2.24, 2.45) is 0 Å². The van der Waals surface area contributed by atoms with Crippen molar-refractivity contribution >= 4 is 0 Å². The zero-order chi connectivity index (χ0) is 12.6. The molecule has 1 aromatic rings. The van der Waals surface area contributed by atoms with Crippen molar-refractivity contribution in [2.45, 2.75) is 44.6 Å². The Hall–Kier alpha value is -1.52. The maximum atomic E-state index is 9.53. The van der Waals surface area contributed by atoms with Crippen LogP contribution in [0.25, 0.3) is 0 Å². The van der Waals surface area contributed by atoms with Crippen molar-refractivity contribution in [3.05, 3.63) is 47.5 Å². The first-order chi connectivity index (χ1) is 8.84. The lowest BCUT2D eigenvalue weighted by Crippen LogP contribution is -2.08. The molecule has 0 spiro atoms. The van der Waals surface area contributed by atoms with Crippen LogP contribution in [0, 0.1) is 11.8 Å². The molecule has 0 bridgehead atoms. The fourth-order valence-electron chi connectivity index (χ4n) is 2.28. The van der Waals surface area contributed by atoms with E-state index in [1.165, 1.54) is 5.57 Å². The van der Waals surface area contributed by atoms with Crippen molar-refractivity contribution in [1.82, 2.24) is 0 Å². The maximum absolute atomic E-state index is 9.53. The summed E-state index contributed by atoms with van der Waals surface area (Å²) in [6.45, 7) is 0. The molecule has 1 unspecified atom stereocenters. The summed E-state index contributed by atoms with van der Waals surface area (Å²) >= 11 is 0. The van der Waals surface area contributed by atoms with Gasteiger partial charge in [0.25, 0.3) is 0 Å². The molecular weight excluding hydrogens is 220 g/mol. The van der Waals surface area contributed by atoms with Crippen LogP contribution in [0.1, 0.15) is 44.1 Å². The quantitative estimate of drug-likeness (QED) is 0.485. The zero-order valence-electron chi connectivity index (χ0n) is 10.7. The lowest BCUT2D eigenvalue weighted by molar-refractivity contribution is 0.201. The second kappa shape index (κ2) is 7.03. The highest BCUT2D eigenvalue weighted by molar-refractivity contribution is 5.33. The summed E-state index contributed by atoms with van der Waals surface area (Å²) in [4.78, 5) is 0. The number of hydrogen-bond acceptors (Lipinski definition) is 1. The van der Waals surface area contributed by atoms with Gasteiger partial charge in [-0.1, -0.05) is 41.7 Å². The van der Waals surface area contributed by atoms with Crippen LogP contribution in [0.3, 0.4) is 0 Å². The molecule has 0 heterocycles. The lowest BCUT2D eigenvalue weighted by atomic mass is 9.94. The molecule has 0 amide bonds. The van der Waals surface area contributed by atoms with Gasteiger partial charge in [-0.2, -0.15) is 0 Å². The summed E-state index contributed by atoms with van der Waals surface area (Å²) in [5.74, 6) is 6.39. The molecule has 1 nitrogen and oxygen atoms in total. The molecule has 1 atom stereocenters. The molecule has 0 saturated carbocycles. The second-order valence-electron chi connectivity index (χ2n) is 4.81. The Morgan fingerprint density at radius 3 is 2.83 bits per heavy atom. The van der Waals surface area contributed by atoms with Gasteiger partial charge in [-0.15, -0.1) is 0 Å². The van der Waals surface area contributed by atoms with E-state index in [9.17, 15) is 5.11 Å². The molecule has 1 N–H and O–H groups in total. The van der Waals surface area contributed by atoms with Crippen LogP contribution in [-0.4, -0.2) is 11.2 Å². The minimum atomic E-state index is -0.204. The van der Waals surface area contributed by atoms with Gasteiger partial charge in [-0.3, -0.25) is 0 Å². The topological polar surface area (TPSA) is 20.2 Å².